The van der Waals surface area contributed by atoms with E-state index >= 15 is 0 Å². The maximum atomic E-state index is 14.2. The highest BCUT2D eigenvalue weighted by Crippen LogP contribution is 2.44. The topological polar surface area (TPSA) is 131 Å². The molecule has 0 aliphatic carbocycles. The number of alkyl halides is 3. The molecule has 0 spiro atoms. The average Bonchev–Trinajstić information content (AvgIpc) is 3.41. The fraction of sp³-hybridized carbons (Fsp3) is 0.609. The quantitative estimate of drug-likeness (QED) is 0.352. The second-order valence-electron chi connectivity index (χ2n) is 9.87. The van der Waals surface area contributed by atoms with Crippen LogP contribution in [-0.4, -0.2) is 73.5 Å². The number of rotatable bonds is 8. The van der Waals surface area contributed by atoms with Gasteiger partial charge < -0.3 is 26.0 Å². The Bertz CT molecular complexity index is 1070. The summed E-state index contributed by atoms with van der Waals surface area (Å²) >= 11 is 0.703. The van der Waals surface area contributed by atoms with Crippen molar-refractivity contribution in [2.45, 2.75) is 70.6 Å². The summed E-state index contributed by atoms with van der Waals surface area (Å²) in [5.74, 6) is -0.705. The lowest BCUT2D eigenvalue weighted by molar-refractivity contribution is -0.137. The van der Waals surface area contributed by atoms with Gasteiger partial charge in [-0.15, -0.1) is 11.3 Å². The van der Waals surface area contributed by atoms with Crippen LogP contribution in [0.25, 0.3) is 10.4 Å². The number of carbonyl (C=O) groups excluding carboxylic acids is 1. The molecule has 1 fully saturated rings. The highest BCUT2D eigenvalue weighted by atomic mass is 32.1. The molecular weight excluding hydrogens is 499 g/mol. The molecule has 200 valence electrons. The van der Waals surface area contributed by atoms with Gasteiger partial charge in [-0.25, -0.2) is 9.97 Å². The Kier molecular flexibility index (Phi) is 8.61. The molecular formula is C23H32F3N5O4S. The number of amides is 1. The van der Waals surface area contributed by atoms with Gasteiger partial charge in [0, 0.05) is 36.4 Å². The van der Waals surface area contributed by atoms with Crippen molar-refractivity contribution in [1.29, 1.82) is 0 Å². The number of hydrogen-bond donors (Lipinski definition) is 5. The average molecular weight is 532 g/mol. The number of likely N-dealkylation sites (tertiary alicyclic amines) is 1. The molecule has 1 saturated heterocycles. The smallest absolute Gasteiger partial charge is 0.394 e. The van der Waals surface area contributed by atoms with Crippen molar-refractivity contribution in [2.75, 3.05) is 25.0 Å². The molecule has 1 aliphatic rings. The van der Waals surface area contributed by atoms with Gasteiger partial charge in [0.05, 0.1) is 23.2 Å². The third kappa shape index (κ3) is 6.71. The summed E-state index contributed by atoms with van der Waals surface area (Å²) in [6.45, 7) is 6.98. The van der Waals surface area contributed by atoms with Gasteiger partial charge in [-0.05, 0) is 46.6 Å². The molecule has 3 rings (SSSR count). The number of halogens is 3. The zero-order valence-electron chi connectivity index (χ0n) is 20.6. The highest BCUT2D eigenvalue weighted by molar-refractivity contribution is 7.17. The van der Waals surface area contributed by atoms with Crippen LogP contribution in [0.15, 0.2) is 12.3 Å². The van der Waals surface area contributed by atoms with Crippen LogP contribution >= 0.6 is 11.3 Å². The molecule has 3 atom stereocenters. The molecule has 2 aromatic heterocycles. The highest BCUT2D eigenvalue weighted by Gasteiger charge is 2.38. The van der Waals surface area contributed by atoms with Crippen LogP contribution in [0.3, 0.4) is 0 Å². The molecule has 3 heterocycles. The Morgan fingerprint density at radius 3 is 2.56 bits per heavy atom. The van der Waals surface area contributed by atoms with Gasteiger partial charge in [0.1, 0.15) is 11.5 Å². The number of aromatic nitrogens is 2. The normalized spacial score (nSPS) is 18.8. The summed E-state index contributed by atoms with van der Waals surface area (Å²) < 4.78 is 42.5. The number of anilines is 1. The van der Waals surface area contributed by atoms with Crippen LogP contribution < -0.4 is 10.6 Å². The Labute approximate surface area is 211 Å². The summed E-state index contributed by atoms with van der Waals surface area (Å²) in [4.78, 5) is 22.8. The fourth-order valence-corrected chi connectivity index (χ4v) is 4.98. The van der Waals surface area contributed by atoms with Gasteiger partial charge in [-0.3, -0.25) is 9.69 Å². The first-order valence-corrected chi connectivity index (χ1v) is 12.4. The van der Waals surface area contributed by atoms with Crippen LogP contribution in [-0.2, 0) is 6.18 Å². The molecule has 0 bridgehead atoms. The Morgan fingerprint density at radius 2 is 2.00 bits per heavy atom. The molecule has 0 saturated carbocycles. The Morgan fingerprint density at radius 1 is 1.31 bits per heavy atom. The predicted molar refractivity (Wildman–Crippen MR) is 130 cm³/mol. The first kappa shape index (κ1) is 28.3. The number of nitrogens with one attached hydrogen (secondary N) is 2. The summed E-state index contributed by atoms with van der Waals surface area (Å²) in [7, 11) is 0. The fourth-order valence-electron chi connectivity index (χ4n) is 3.95. The van der Waals surface area contributed by atoms with E-state index in [4.69, 9.17) is 5.11 Å². The zero-order chi connectivity index (χ0) is 26.8. The molecule has 0 radical (unpaired) electrons. The molecule has 5 N–H and O–H groups in total. The predicted octanol–water partition coefficient (Wildman–Crippen LogP) is 2.99. The summed E-state index contributed by atoms with van der Waals surface area (Å²) in [5.41, 5.74) is -1.86. The van der Waals surface area contributed by atoms with Gasteiger partial charge in [0.15, 0.2) is 11.2 Å². The van der Waals surface area contributed by atoms with Crippen LogP contribution in [0.2, 0.25) is 0 Å². The van der Waals surface area contributed by atoms with Gasteiger partial charge >= 0.3 is 6.18 Å². The van der Waals surface area contributed by atoms with Crippen LogP contribution in [0.1, 0.15) is 67.8 Å². The lowest BCUT2D eigenvalue weighted by atomic mass is 10.0. The van der Waals surface area contributed by atoms with Crippen molar-refractivity contribution >= 4 is 23.1 Å². The minimum absolute atomic E-state index is 0.0170. The van der Waals surface area contributed by atoms with Crippen LogP contribution in [0.4, 0.5) is 19.0 Å². The number of carbonyl (C=O) groups is 1. The monoisotopic (exact) mass is 531 g/mol. The summed E-state index contributed by atoms with van der Waals surface area (Å²) in [5, 5.41) is 34.8. The van der Waals surface area contributed by atoms with Gasteiger partial charge in [0.2, 0.25) is 0 Å². The van der Waals surface area contributed by atoms with Crippen molar-refractivity contribution in [3.05, 3.63) is 28.5 Å². The SMILES string of the molecule is C[C@H]1CCCN1C(O)c1nc(C(=O)NC[C@H](O)CO)sc1-c1cnc(NC(C)(C)C)cc1C(F)(F)F. The maximum Gasteiger partial charge on any atom is 0.417 e. The minimum Gasteiger partial charge on any atom is -0.394 e. The van der Waals surface area contributed by atoms with Crippen molar-refractivity contribution < 1.29 is 33.3 Å². The van der Waals surface area contributed by atoms with E-state index in [1.807, 2.05) is 6.92 Å². The van der Waals surface area contributed by atoms with E-state index in [1.165, 1.54) is 0 Å². The molecule has 9 nitrogen and oxygen atoms in total. The number of thiazole rings is 1. The summed E-state index contributed by atoms with van der Waals surface area (Å²) in [6, 6.07) is 0.886. The number of aliphatic hydroxyl groups excluding tert-OH is 3. The molecule has 1 amide bonds. The second kappa shape index (κ2) is 11.0. The van der Waals surface area contributed by atoms with Crippen molar-refractivity contribution in [2.24, 2.45) is 0 Å². The maximum absolute atomic E-state index is 14.2. The van der Waals surface area contributed by atoms with E-state index in [9.17, 15) is 28.2 Å². The zero-order valence-corrected chi connectivity index (χ0v) is 21.4. The molecule has 13 heteroatoms. The number of aliphatic hydroxyl groups is 3. The molecule has 36 heavy (non-hydrogen) atoms. The second-order valence-corrected chi connectivity index (χ2v) is 10.9. The first-order valence-electron chi connectivity index (χ1n) is 11.6. The number of pyridine rings is 1. The molecule has 0 aromatic carbocycles. The Hall–Kier alpha value is -2.32. The van der Waals surface area contributed by atoms with E-state index in [0.29, 0.717) is 17.9 Å². The minimum atomic E-state index is -4.74. The lowest BCUT2D eigenvalue weighted by Crippen LogP contribution is -2.34. The Balaban J connectivity index is 2.11. The van der Waals surface area contributed by atoms with Gasteiger partial charge in [-0.2, -0.15) is 13.2 Å². The van der Waals surface area contributed by atoms with Crippen LogP contribution in [0, 0.1) is 0 Å². The lowest BCUT2D eigenvalue weighted by Gasteiger charge is -2.27. The third-order valence-electron chi connectivity index (χ3n) is 5.68. The van der Waals surface area contributed by atoms with Crippen molar-refractivity contribution in [1.82, 2.24) is 20.2 Å². The van der Waals surface area contributed by atoms with E-state index in [1.54, 1.807) is 25.7 Å². The molecule has 1 aliphatic heterocycles. The van der Waals surface area contributed by atoms with E-state index in [-0.39, 0.29) is 39.5 Å². The number of nitrogens with zero attached hydrogens (tertiary/aromatic N) is 3. The third-order valence-corrected chi connectivity index (χ3v) is 6.78. The van der Waals surface area contributed by atoms with E-state index < -0.39 is 42.1 Å². The van der Waals surface area contributed by atoms with Gasteiger partial charge in [0.25, 0.3) is 5.91 Å². The van der Waals surface area contributed by atoms with E-state index in [2.05, 4.69) is 20.6 Å². The van der Waals surface area contributed by atoms with E-state index in [0.717, 1.165) is 25.1 Å². The van der Waals surface area contributed by atoms with Crippen LogP contribution in [0.5, 0.6) is 0 Å². The van der Waals surface area contributed by atoms with Crippen molar-refractivity contribution in [3.8, 4) is 10.4 Å². The van der Waals surface area contributed by atoms with Crippen molar-refractivity contribution in [3.63, 3.8) is 0 Å². The molecule has 1 unspecified atom stereocenters. The first-order chi connectivity index (χ1) is 16.7. The largest absolute Gasteiger partial charge is 0.417 e. The number of hydrogen-bond acceptors (Lipinski definition) is 9. The standard InChI is InChI=1S/C23H32F3N5O4S/c1-12-6-5-7-31(12)21(35)17-18(36-20(29-17)19(34)28-9-13(33)11-32)14-10-27-16(30-22(2,3)4)8-15(14)23(24,25)26/h8,10,12-13,21,32-33,35H,5-7,9,11H2,1-4H3,(H,27,30)(H,28,34)/t12-,13-,21?/m0/s1. The molecule has 2 aromatic rings. The van der Waals surface area contributed by atoms with Gasteiger partial charge in [-0.1, -0.05) is 0 Å². The summed E-state index contributed by atoms with van der Waals surface area (Å²) in [6.07, 6.45) is -4.57.